The largest absolute Gasteiger partial charge is 0.495 e. The molecule has 1 amide bonds. The number of carbonyl (C=O) groups is 1. The van der Waals surface area contributed by atoms with Crippen molar-refractivity contribution in [1.29, 1.82) is 0 Å². The number of halogens is 1. The highest BCUT2D eigenvalue weighted by molar-refractivity contribution is 6.32. The van der Waals surface area contributed by atoms with E-state index >= 15 is 0 Å². The first-order chi connectivity index (χ1) is 8.67. The van der Waals surface area contributed by atoms with Crippen LogP contribution < -0.4 is 15.4 Å². The van der Waals surface area contributed by atoms with Crippen molar-refractivity contribution in [2.75, 3.05) is 39.2 Å². The van der Waals surface area contributed by atoms with Crippen molar-refractivity contribution >= 4 is 23.2 Å². The molecule has 0 fully saturated rings. The van der Waals surface area contributed by atoms with Gasteiger partial charge in [-0.05, 0) is 12.1 Å². The Labute approximate surface area is 111 Å². The van der Waals surface area contributed by atoms with Crippen LogP contribution in [0.1, 0.15) is 0 Å². The molecule has 0 aliphatic carbocycles. The minimum Gasteiger partial charge on any atom is -0.495 e. The fraction of sp³-hybridized carbons (Fsp3) is 0.417. The summed E-state index contributed by atoms with van der Waals surface area (Å²) in [5.74, 6) is 0.400. The summed E-state index contributed by atoms with van der Waals surface area (Å²) >= 11 is 5.89. The fourth-order valence-electron chi connectivity index (χ4n) is 1.32. The molecule has 0 saturated heterocycles. The Hall–Kier alpha value is -1.30. The molecule has 0 atom stereocenters. The third kappa shape index (κ3) is 4.91. The molecule has 0 aromatic heterocycles. The van der Waals surface area contributed by atoms with Gasteiger partial charge in [0.25, 0.3) is 0 Å². The molecule has 0 unspecified atom stereocenters. The second kappa shape index (κ2) is 7.92. The quantitative estimate of drug-likeness (QED) is 0.739. The molecule has 1 rings (SSSR count). The van der Waals surface area contributed by atoms with Crippen LogP contribution in [0.5, 0.6) is 5.75 Å². The van der Waals surface area contributed by atoms with Crippen molar-refractivity contribution in [3.63, 3.8) is 0 Å². The number of methoxy groups -OCH3 is 2. The van der Waals surface area contributed by atoms with Gasteiger partial charge < -0.3 is 20.1 Å². The van der Waals surface area contributed by atoms with Gasteiger partial charge in [0.05, 0.1) is 25.3 Å². The van der Waals surface area contributed by atoms with Gasteiger partial charge in [-0.2, -0.15) is 0 Å². The van der Waals surface area contributed by atoms with Gasteiger partial charge in [0.15, 0.2) is 0 Å². The normalized spacial score (nSPS) is 10.2. The van der Waals surface area contributed by atoms with Crippen LogP contribution >= 0.6 is 11.6 Å². The Bertz CT molecular complexity index is 399. The number of benzene rings is 1. The predicted molar refractivity (Wildman–Crippen MR) is 71.4 cm³/mol. The second-order valence-corrected chi connectivity index (χ2v) is 3.97. The second-order valence-electron chi connectivity index (χ2n) is 3.57. The van der Waals surface area contributed by atoms with Gasteiger partial charge in [0, 0.05) is 25.4 Å². The zero-order chi connectivity index (χ0) is 13.4. The summed E-state index contributed by atoms with van der Waals surface area (Å²) in [4.78, 5) is 11.6. The summed E-state index contributed by atoms with van der Waals surface area (Å²) in [6, 6.07) is 5.07. The summed E-state index contributed by atoms with van der Waals surface area (Å²) in [7, 11) is 3.14. The zero-order valence-corrected chi connectivity index (χ0v) is 11.2. The maximum Gasteiger partial charge on any atom is 0.238 e. The molecule has 100 valence electrons. The van der Waals surface area contributed by atoms with Gasteiger partial charge in [-0.25, -0.2) is 0 Å². The molecule has 2 N–H and O–H groups in total. The number of hydrogen-bond donors (Lipinski definition) is 2. The average Bonchev–Trinajstić information content (AvgIpc) is 2.37. The number of rotatable bonds is 7. The number of carbonyl (C=O) groups excluding carboxylic acids is 1. The van der Waals surface area contributed by atoms with Crippen LogP contribution in [0.25, 0.3) is 0 Å². The van der Waals surface area contributed by atoms with Crippen molar-refractivity contribution in [3.8, 4) is 5.75 Å². The van der Waals surface area contributed by atoms with E-state index in [-0.39, 0.29) is 12.5 Å². The number of hydrogen-bond acceptors (Lipinski definition) is 4. The van der Waals surface area contributed by atoms with E-state index in [4.69, 9.17) is 21.1 Å². The van der Waals surface area contributed by atoms with Gasteiger partial charge in [-0.1, -0.05) is 11.6 Å². The van der Waals surface area contributed by atoms with Crippen LogP contribution in [0, 0.1) is 0 Å². The highest BCUT2D eigenvalue weighted by Gasteiger charge is 2.05. The average molecular weight is 273 g/mol. The molecule has 18 heavy (non-hydrogen) atoms. The summed E-state index contributed by atoms with van der Waals surface area (Å²) in [5.41, 5.74) is 0.648. The molecular weight excluding hydrogens is 256 g/mol. The topological polar surface area (TPSA) is 59.6 Å². The van der Waals surface area contributed by atoms with Crippen molar-refractivity contribution in [1.82, 2.24) is 5.32 Å². The molecule has 0 bridgehead atoms. The van der Waals surface area contributed by atoms with Crippen LogP contribution in [0.3, 0.4) is 0 Å². The van der Waals surface area contributed by atoms with Crippen molar-refractivity contribution in [3.05, 3.63) is 23.2 Å². The smallest absolute Gasteiger partial charge is 0.238 e. The van der Waals surface area contributed by atoms with E-state index in [0.717, 1.165) is 0 Å². The SMILES string of the molecule is COCCNCC(=O)Nc1ccc(Cl)c(OC)c1. The minimum atomic E-state index is -0.129. The van der Waals surface area contributed by atoms with Gasteiger partial charge in [0.1, 0.15) is 5.75 Å². The lowest BCUT2D eigenvalue weighted by atomic mass is 10.3. The molecule has 1 aromatic carbocycles. The first-order valence-electron chi connectivity index (χ1n) is 5.50. The van der Waals surface area contributed by atoms with E-state index in [1.807, 2.05) is 0 Å². The molecule has 0 saturated carbocycles. The van der Waals surface area contributed by atoms with E-state index in [2.05, 4.69) is 10.6 Å². The molecule has 6 heteroatoms. The molecule has 0 aliphatic heterocycles. The maximum absolute atomic E-state index is 11.6. The third-order valence-electron chi connectivity index (χ3n) is 2.20. The van der Waals surface area contributed by atoms with Crippen LogP contribution in [0.15, 0.2) is 18.2 Å². The van der Waals surface area contributed by atoms with Crippen molar-refractivity contribution in [2.24, 2.45) is 0 Å². The Morgan fingerprint density at radius 3 is 2.83 bits per heavy atom. The summed E-state index contributed by atoms with van der Waals surface area (Å²) in [6.45, 7) is 1.43. The van der Waals surface area contributed by atoms with Crippen LogP contribution in [0.2, 0.25) is 5.02 Å². The van der Waals surface area contributed by atoms with Crippen LogP contribution in [0.4, 0.5) is 5.69 Å². The zero-order valence-electron chi connectivity index (χ0n) is 10.5. The molecule has 1 aromatic rings. The van der Waals surface area contributed by atoms with E-state index in [1.165, 1.54) is 7.11 Å². The van der Waals surface area contributed by atoms with Crippen molar-refractivity contribution < 1.29 is 14.3 Å². The lowest BCUT2D eigenvalue weighted by Crippen LogP contribution is -2.30. The van der Waals surface area contributed by atoms with Gasteiger partial charge in [-0.3, -0.25) is 4.79 Å². The minimum absolute atomic E-state index is 0.129. The Morgan fingerprint density at radius 2 is 2.17 bits per heavy atom. The Kier molecular flexibility index (Phi) is 6.49. The summed E-state index contributed by atoms with van der Waals surface area (Å²) in [5, 5.41) is 6.20. The summed E-state index contributed by atoms with van der Waals surface area (Å²) < 4.78 is 9.92. The van der Waals surface area contributed by atoms with Gasteiger partial charge in [-0.15, -0.1) is 0 Å². The number of anilines is 1. The van der Waals surface area contributed by atoms with E-state index < -0.39 is 0 Å². The van der Waals surface area contributed by atoms with E-state index in [1.54, 1.807) is 25.3 Å². The molecule has 5 nitrogen and oxygen atoms in total. The van der Waals surface area contributed by atoms with Crippen molar-refractivity contribution in [2.45, 2.75) is 0 Å². The van der Waals surface area contributed by atoms with E-state index in [9.17, 15) is 4.79 Å². The molecule has 0 aliphatic rings. The van der Waals surface area contributed by atoms with Gasteiger partial charge >= 0.3 is 0 Å². The highest BCUT2D eigenvalue weighted by atomic mass is 35.5. The standard InChI is InChI=1S/C12H17ClN2O3/c1-17-6-5-14-8-12(16)15-9-3-4-10(13)11(7-9)18-2/h3-4,7,14H,5-6,8H2,1-2H3,(H,15,16). The third-order valence-corrected chi connectivity index (χ3v) is 2.52. The first kappa shape index (κ1) is 14.8. The molecule has 0 radical (unpaired) electrons. The fourth-order valence-corrected chi connectivity index (χ4v) is 1.51. The van der Waals surface area contributed by atoms with Crippen LogP contribution in [-0.2, 0) is 9.53 Å². The molecular formula is C12H17ClN2O3. The molecule has 0 spiro atoms. The number of ether oxygens (including phenoxy) is 2. The Balaban J connectivity index is 2.44. The number of nitrogens with one attached hydrogen (secondary N) is 2. The number of amides is 1. The first-order valence-corrected chi connectivity index (χ1v) is 5.88. The highest BCUT2D eigenvalue weighted by Crippen LogP contribution is 2.27. The monoisotopic (exact) mass is 272 g/mol. The van der Waals surface area contributed by atoms with Gasteiger partial charge in [0.2, 0.25) is 5.91 Å². The summed E-state index contributed by atoms with van der Waals surface area (Å²) in [6.07, 6.45) is 0. The predicted octanol–water partition coefficient (Wildman–Crippen LogP) is 1.52. The Morgan fingerprint density at radius 1 is 1.39 bits per heavy atom. The van der Waals surface area contributed by atoms with Crippen LogP contribution in [-0.4, -0.2) is 39.8 Å². The molecule has 0 heterocycles. The lowest BCUT2D eigenvalue weighted by molar-refractivity contribution is -0.115. The maximum atomic E-state index is 11.6. The lowest BCUT2D eigenvalue weighted by Gasteiger charge is -2.09. The van der Waals surface area contributed by atoms with E-state index in [0.29, 0.717) is 29.6 Å².